The Balaban J connectivity index is 1.54. The van der Waals surface area contributed by atoms with Gasteiger partial charge >= 0.3 is 0 Å². The Labute approximate surface area is 207 Å². The van der Waals surface area contributed by atoms with E-state index in [2.05, 4.69) is 4.90 Å². The number of ether oxygens (including phenoxy) is 1. The predicted molar refractivity (Wildman–Crippen MR) is 137 cm³/mol. The highest BCUT2D eigenvalue weighted by molar-refractivity contribution is 7.92. The van der Waals surface area contributed by atoms with Gasteiger partial charge in [0.05, 0.1) is 23.7 Å². The van der Waals surface area contributed by atoms with E-state index in [4.69, 9.17) is 4.74 Å². The Bertz CT molecular complexity index is 1190. The number of rotatable bonds is 9. The molecule has 0 bridgehead atoms. The van der Waals surface area contributed by atoms with Gasteiger partial charge in [0, 0.05) is 45.4 Å². The summed E-state index contributed by atoms with van der Waals surface area (Å²) < 4.78 is 33.6. The number of benzene rings is 3. The molecule has 0 aliphatic carbocycles. The van der Waals surface area contributed by atoms with Gasteiger partial charge in [-0.2, -0.15) is 0 Å². The van der Waals surface area contributed by atoms with Gasteiger partial charge in [0.15, 0.2) is 0 Å². The van der Waals surface area contributed by atoms with Crippen LogP contribution < -0.4 is 4.31 Å². The third-order valence-electron chi connectivity index (χ3n) is 6.17. The van der Waals surface area contributed by atoms with Crippen molar-refractivity contribution in [2.45, 2.75) is 11.4 Å². The molecule has 1 aliphatic rings. The van der Waals surface area contributed by atoms with Crippen molar-refractivity contribution < 1.29 is 17.9 Å². The standard InChI is InChI=1S/C27H31N3O4S/c1-34-21-20-28-16-18-29(19-17-28)27(31)24-12-14-25(15-13-24)30(22-23-8-4-2-5-9-23)35(32,33)26-10-6-3-7-11-26/h2-15H,16-22H2,1H3. The molecule has 8 heteroatoms. The number of hydrogen-bond donors (Lipinski definition) is 0. The molecule has 1 heterocycles. The lowest BCUT2D eigenvalue weighted by atomic mass is 10.1. The van der Waals surface area contributed by atoms with E-state index in [0.29, 0.717) is 30.9 Å². The zero-order valence-corrected chi connectivity index (χ0v) is 20.7. The number of anilines is 1. The molecule has 1 saturated heterocycles. The second kappa shape index (κ2) is 11.5. The number of methoxy groups -OCH3 is 1. The molecular formula is C27H31N3O4S. The van der Waals surface area contributed by atoms with E-state index in [1.807, 2.05) is 35.2 Å². The average molecular weight is 494 g/mol. The molecule has 0 spiro atoms. The van der Waals surface area contributed by atoms with Gasteiger partial charge in [-0.15, -0.1) is 0 Å². The van der Waals surface area contributed by atoms with Crippen molar-refractivity contribution in [2.24, 2.45) is 0 Å². The van der Waals surface area contributed by atoms with Crippen molar-refractivity contribution in [3.05, 3.63) is 96.1 Å². The maximum atomic E-state index is 13.5. The largest absolute Gasteiger partial charge is 0.383 e. The van der Waals surface area contributed by atoms with Gasteiger partial charge in [-0.3, -0.25) is 14.0 Å². The summed E-state index contributed by atoms with van der Waals surface area (Å²) in [5, 5.41) is 0. The van der Waals surface area contributed by atoms with Gasteiger partial charge in [0.1, 0.15) is 0 Å². The monoisotopic (exact) mass is 493 g/mol. The van der Waals surface area contributed by atoms with Crippen molar-refractivity contribution in [1.29, 1.82) is 0 Å². The molecule has 3 aromatic rings. The summed E-state index contributed by atoms with van der Waals surface area (Å²) in [6.45, 7) is 4.68. The van der Waals surface area contributed by atoms with Crippen LogP contribution in [0.25, 0.3) is 0 Å². The summed E-state index contributed by atoms with van der Waals surface area (Å²) in [7, 11) is -2.11. The van der Waals surface area contributed by atoms with E-state index in [9.17, 15) is 13.2 Å². The van der Waals surface area contributed by atoms with Crippen LogP contribution >= 0.6 is 0 Å². The van der Waals surface area contributed by atoms with E-state index < -0.39 is 10.0 Å². The first-order valence-corrected chi connectivity index (χ1v) is 13.2. The first kappa shape index (κ1) is 24.9. The Morgan fingerprint density at radius 3 is 2.06 bits per heavy atom. The van der Waals surface area contributed by atoms with Crippen LogP contribution in [-0.2, 0) is 21.3 Å². The summed E-state index contributed by atoms with van der Waals surface area (Å²) in [5.41, 5.74) is 1.94. The van der Waals surface area contributed by atoms with Gasteiger partial charge in [0.2, 0.25) is 0 Å². The third kappa shape index (κ3) is 6.08. The first-order valence-electron chi connectivity index (χ1n) is 11.7. The Hall–Kier alpha value is -3.20. The number of carbonyl (C=O) groups is 1. The van der Waals surface area contributed by atoms with Crippen LogP contribution in [-0.4, -0.2) is 70.6 Å². The smallest absolute Gasteiger partial charge is 0.264 e. The molecule has 35 heavy (non-hydrogen) atoms. The summed E-state index contributed by atoms with van der Waals surface area (Å²) in [6, 6.07) is 24.7. The van der Waals surface area contributed by atoms with Gasteiger partial charge in [-0.25, -0.2) is 8.42 Å². The predicted octanol–water partition coefficient (Wildman–Crippen LogP) is 3.49. The summed E-state index contributed by atoms with van der Waals surface area (Å²) >= 11 is 0. The van der Waals surface area contributed by atoms with Crippen LogP contribution in [0.4, 0.5) is 5.69 Å². The van der Waals surface area contributed by atoms with E-state index in [1.54, 1.807) is 61.7 Å². The quantitative estimate of drug-likeness (QED) is 0.457. The molecular weight excluding hydrogens is 462 g/mol. The number of sulfonamides is 1. The lowest BCUT2D eigenvalue weighted by Crippen LogP contribution is -2.49. The number of piperazine rings is 1. The van der Waals surface area contributed by atoms with E-state index in [0.717, 1.165) is 25.2 Å². The number of carbonyl (C=O) groups excluding carboxylic acids is 1. The third-order valence-corrected chi connectivity index (χ3v) is 7.96. The zero-order chi connectivity index (χ0) is 24.7. The topological polar surface area (TPSA) is 70.2 Å². The highest BCUT2D eigenvalue weighted by Gasteiger charge is 2.26. The van der Waals surface area contributed by atoms with E-state index in [-0.39, 0.29) is 17.3 Å². The second-order valence-electron chi connectivity index (χ2n) is 8.48. The Morgan fingerprint density at radius 1 is 0.857 bits per heavy atom. The van der Waals surface area contributed by atoms with Crippen LogP contribution in [0.3, 0.4) is 0 Å². The maximum absolute atomic E-state index is 13.5. The molecule has 0 radical (unpaired) electrons. The van der Waals surface area contributed by atoms with Crippen molar-refractivity contribution in [3.8, 4) is 0 Å². The molecule has 4 rings (SSSR count). The number of hydrogen-bond acceptors (Lipinski definition) is 5. The molecule has 0 N–H and O–H groups in total. The lowest BCUT2D eigenvalue weighted by molar-refractivity contribution is 0.0594. The van der Waals surface area contributed by atoms with Crippen molar-refractivity contribution in [2.75, 3.05) is 50.7 Å². The SMILES string of the molecule is COCCN1CCN(C(=O)c2ccc(N(Cc3ccccc3)S(=O)(=O)c3ccccc3)cc2)CC1. The van der Waals surface area contributed by atoms with Gasteiger partial charge < -0.3 is 9.64 Å². The van der Waals surface area contributed by atoms with Crippen LogP contribution in [0.1, 0.15) is 15.9 Å². The van der Waals surface area contributed by atoms with Crippen molar-refractivity contribution in [3.63, 3.8) is 0 Å². The fourth-order valence-electron chi connectivity index (χ4n) is 4.13. The van der Waals surface area contributed by atoms with Gasteiger partial charge in [0.25, 0.3) is 15.9 Å². The minimum Gasteiger partial charge on any atom is -0.383 e. The van der Waals surface area contributed by atoms with Gasteiger partial charge in [-0.05, 0) is 42.0 Å². The average Bonchev–Trinajstić information content (AvgIpc) is 2.91. The second-order valence-corrected chi connectivity index (χ2v) is 10.3. The molecule has 3 aromatic carbocycles. The first-order chi connectivity index (χ1) is 17.0. The molecule has 0 unspecified atom stereocenters. The number of nitrogens with zero attached hydrogens (tertiary/aromatic N) is 3. The normalized spacial score (nSPS) is 14.6. The van der Waals surface area contributed by atoms with Crippen molar-refractivity contribution >= 4 is 21.6 Å². The summed E-state index contributed by atoms with van der Waals surface area (Å²) in [4.78, 5) is 17.4. The van der Waals surface area contributed by atoms with E-state index >= 15 is 0 Å². The van der Waals surface area contributed by atoms with Crippen LogP contribution in [0.2, 0.25) is 0 Å². The Morgan fingerprint density at radius 2 is 1.46 bits per heavy atom. The number of amides is 1. The Kier molecular flexibility index (Phi) is 8.17. The lowest BCUT2D eigenvalue weighted by Gasteiger charge is -2.34. The minimum atomic E-state index is -3.80. The molecule has 1 fully saturated rings. The molecule has 7 nitrogen and oxygen atoms in total. The summed E-state index contributed by atoms with van der Waals surface area (Å²) in [6.07, 6.45) is 0. The van der Waals surface area contributed by atoms with Gasteiger partial charge in [-0.1, -0.05) is 48.5 Å². The molecule has 1 amide bonds. The zero-order valence-electron chi connectivity index (χ0n) is 19.9. The maximum Gasteiger partial charge on any atom is 0.264 e. The fraction of sp³-hybridized carbons (Fsp3) is 0.296. The van der Waals surface area contributed by atoms with Crippen molar-refractivity contribution in [1.82, 2.24) is 9.80 Å². The molecule has 0 aromatic heterocycles. The molecule has 0 atom stereocenters. The minimum absolute atomic E-state index is 0.0385. The molecule has 1 aliphatic heterocycles. The van der Waals surface area contributed by atoms with Crippen LogP contribution in [0, 0.1) is 0 Å². The molecule has 0 saturated carbocycles. The highest BCUT2D eigenvalue weighted by atomic mass is 32.2. The highest BCUT2D eigenvalue weighted by Crippen LogP contribution is 2.26. The summed E-state index contributed by atoms with van der Waals surface area (Å²) in [5.74, 6) is -0.0385. The fourth-order valence-corrected chi connectivity index (χ4v) is 5.61. The van der Waals surface area contributed by atoms with E-state index in [1.165, 1.54) is 4.31 Å². The molecule has 184 valence electrons. The van der Waals surface area contributed by atoms with Crippen LogP contribution in [0.5, 0.6) is 0 Å². The van der Waals surface area contributed by atoms with Crippen LogP contribution in [0.15, 0.2) is 89.8 Å².